The predicted molar refractivity (Wildman–Crippen MR) is 86.6 cm³/mol. The van der Waals surface area contributed by atoms with Crippen molar-refractivity contribution in [2.24, 2.45) is 4.99 Å². The van der Waals surface area contributed by atoms with Gasteiger partial charge in [0.15, 0.2) is 5.96 Å². The topological polar surface area (TPSA) is 67.1 Å². The van der Waals surface area contributed by atoms with Gasteiger partial charge in [-0.05, 0) is 13.3 Å². The van der Waals surface area contributed by atoms with Crippen LogP contribution in [0.15, 0.2) is 23.6 Å². The molecular weight excluding hydrogens is 322 g/mol. The lowest BCUT2D eigenvalue weighted by Crippen LogP contribution is -2.36. The van der Waals surface area contributed by atoms with Crippen LogP contribution in [0.5, 0.6) is 0 Å². The van der Waals surface area contributed by atoms with Gasteiger partial charge in [-0.2, -0.15) is 8.78 Å². The van der Waals surface area contributed by atoms with Gasteiger partial charge >= 0.3 is 6.55 Å². The Hall–Kier alpha value is -2.03. The van der Waals surface area contributed by atoms with Gasteiger partial charge in [0.05, 0.1) is 6.54 Å². The van der Waals surface area contributed by atoms with Gasteiger partial charge in [0.25, 0.3) is 0 Å². The summed E-state index contributed by atoms with van der Waals surface area (Å²) in [6, 6.07) is 0. The number of guanidine groups is 1. The van der Waals surface area contributed by atoms with E-state index in [-0.39, 0.29) is 12.4 Å². The van der Waals surface area contributed by atoms with Crippen molar-refractivity contribution in [3.8, 4) is 0 Å². The summed E-state index contributed by atoms with van der Waals surface area (Å²) in [6.07, 6.45) is 5.42. The Morgan fingerprint density at radius 2 is 2.17 bits per heavy atom. The summed E-state index contributed by atoms with van der Waals surface area (Å²) in [5.41, 5.74) is 0. The number of nitrogens with one attached hydrogen (secondary N) is 2. The fraction of sp³-hybridized carbons (Fsp3) is 0.500. The van der Waals surface area contributed by atoms with Crippen LogP contribution in [0.4, 0.5) is 8.78 Å². The van der Waals surface area contributed by atoms with Crippen molar-refractivity contribution in [3.05, 3.63) is 34.3 Å². The van der Waals surface area contributed by atoms with Gasteiger partial charge < -0.3 is 10.6 Å². The highest BCUT2D eigenvalue weighted by atomic mass is 32.1. The molecule has 2 rings (SSSR count). The van der Waals surface area contributed by atoms with Gasteiger partial charge in [0.1, 0.15) is 17.4 Å². The minimum Gasteiger partial charge on any atom is -0.357 e. The Kier molecular flexibility index (Phi) is 6.45. The smallest absolute Gasteiger partial charge is 0.319 e. The van der Waals surface area contributed by atoms with Crippen molar-refractivity contribution in [2.75, 3.05) is 6.54 Å². The summed E-state index contributed by atoms with van der Waals surface area (Å²) in [6.45, 7) is 2.70. The largest absolute Gasteiger partial charge is 0.357 e. The van der Waals surface area contributed by atoms with E-state index in [9.17, 15) is 8.78 Å². The number of imidazole rings is 1. The molecule has 0 unspecified atom stereocenters. The van der Waals surface area contributed by atoms with E-state index >= 15 is 0 Å². The second kappa shape index (κ2) is 8.56. The average molecular weight is 342 g/mol. The Labute approximate surface area is 137 Å². The number of nitrogens with zero attached hydrogens (tertiary/aromatic N) is 4. The molecule has 9 heteroatoms. The molecule has 23 heavy (non-hydrogen) atoms. The highest BCUT2D eigenvalue weighted by Gasteiger charge is 2.11. The standard InChI is InChI=1S/C14H20F2N6S/c1-3-10-7-19-12(23-10)9-21-14(17-4-2)20-8-11-18-5-6-22(11)13(15)16/h5-7,13H,3-4,8-9H2,1-2H3,(H2,17,20,21). The molecule has 0 atom stereocenters. The van der Waals surface area contributed by atoms with Crippen molar-refractivity contribution in [3.63, 3.8) is 0 Å². The molecule has 126 valence electrons. The van der Waals surface area contributed by atoms with Crippen LogP contribution in [0.25, 0.3) is 0 Å². The van der Waals surface area contributed by atoms with E-state index in [1.165, 1.54) is 17.3 Å². The number of aliphatic imine (C=N–C) groups is 1. The third-order valence-corrected chi connectivity index (χ3v) is 4.18. The van der Waals surface area contributed by atoms with Gasteiger partial charge in [0, 0.05) is 30.0 Å². The minimum absolute atomic E-state index is 0.0742. The van der Waals surface area contributed by atoms with Crippen LogP contribution in [0, 0.1) is 0 Å². The van der Waals surface area contributed by atoms with Crippen molar-refractivity contribution in [1.29, 1.82) is 0 Å². The van der Waals surface area contributed by atoms with Gasteiger partial charge in [-0.3, -0.25) is 4.57 Å². The summed E-state index contributed by atoms with van der Waals surface area (Å²) in [5.74, 6) is 0.768. The second-order valence-electron chi connectivity index (χ2n) is 4.65. The van der Waals surface area contributed by atoms with Crippen molar-refractivity contribution >= 4 is 17.3 Å². The number of halogens is 2. The first kappa shape index (κ1) is 17.3. The number of thiazole rings is 1. The van der Waals surface area contributed by atoms with Crippen LogP contribution < -0.4 is 10.6 Å². The summed E-state index contributed by atoms with van der Waals surface area (Å²) < 4.78 is 26.4. The van der Waals surface area contributed by atoms with Crippen molar-refractivity contribution in [1.82, 2.24) is 25.2 Å². The molecule has 0 bridgehead atoms. The third-order valence-electron chi connectivity index (χ3n) is 3.04. The number of alkyl halides is 2. The maximum absolute atomic E-state index is 12.8. The number of hydrogen-bond acceptors (Lipinski definition) is 4. The molecule has 0 fully saturated rings. The van der Waals surface area contributed by atoms with Gasteiger partial charge in [-0.1, -0.05) is 6.92 Å². The molecule has 0 aromatic carbocycles. The van der Waals surface area contributed by atoms with Gasteiger partial charge in [-0.15, -0.1) is 11.3 Å². The second-order valence-corrected chi connectivity index (χ2v) is 5.85. The third kappa shape index (κ3) is 4.98. The molecule has 2 heterocycles. The molecule has 0 aliphatic heterocycles. The molecule has 0 aliphatic carbocycles. The normalized spacial score (nSPS) is 12.0. The molecule has 0 spiro atoms. The van der Waals surface area contributed by atoms with Crippen molar-refractivity contribution in [2.45, 2.75) is 39.9 Å². The predicted octanol–water partition coefficient (Wildman–Crippen LogP) is 2.55. The summed E-state index contributed by atoms with van der Waals surface area (Å²) in [5, 5.41) is 7.18. The van der Waals surface area contributed by atoms with Crippen molar-refractivity contribution < 1.29 is 8.78 Å². The minimum atomic E-state index is -2.61. The van der Waals surface area contributed by atoms with Crippen LogP contribution in [0.1, 0.15) is 36.1 Å². The Bertz CT molecular complexity index is 637. The molecule has 0 saturated heterocycles. The first-order valence-corrected chi connectivity index (χ1v) is 8.21. The van der Waals surface area contributed by atoms with E-state index < -0.39 is 6.55 Å². The zero-order chi connectivity index (χ0) is 16.7. The van der Waals surface area contributed by atoms with Crippen LogP contribution in [0.3, 0.4) is 0 Å². The Balaban J connectivity index is 1.97. The lowest BCUT2D eigenvalue weighted by molar-refractivity contribution is 0.0671. The SMILES string of the molecule is CCNC(=NCc1nccn1C(F)F)NCc1ncc(CC)s1. The van der Waals surface area contributed by atoms with Crippen LogP contribution in [-0.4, -0.2) is 27.0 Å². The summed E-state index contributed by atoms with van der Waals surface area (Å²) in [7, 11) is 0. The van der Waals surface area contributed by atoms with E-state index in [2.05, 4.69) is 32.5 Å². The fourth-order valence-electron chi connectivity index (χ4n) is 1.89. The first-order chi connectivity index (χ1) is 11.1. The lowest BCUT2D eigenvalue weighted by atomic mass is 10.4. The van der Waals surface area contributed by atoms with Gasteiger partial charge in [-0.25, -0.2) is 15.0 Å². The molecule has 2 aromatic heterocycles. The number of aromatic nitrogens is 3. The summed E-state index contributed by atoms with van der Waals surface area (Å²) in [4.78, 5) is 13.8. The lowest BCUT2D eigenvalue weighted by Gasteiger charge is -2.10. The molecule has 0 amide bonds. The van der Waals surface area contributed by atoms with E-state index in [1.54, 1.807) is 11.3 Å². The van der Waals surface area contributed by atoms with Crippen LogP contribution in [-0.2, 0) is 19.5 Å². The number of hydrogen-bond donors (Lipinski definition) is 2. The molecular formula is C14H20F2N6S. The van der Waals surface area contributed by atoms with E-state index in [1.807, 2.05) is 13.1 Å². The Morgan fingerprint density at radius 1 is 1.35 bits per heavy atom. The highest BCUT2D eigenvalue weighted by molar-refractivity contribution is 7.11. The molecule has 6 nitrogen and oxygen atoms in total. The van der Waals surface area contributed by atoms with E-state index in [4.69, 9.17) is 0 Å². The maximum atomic E-state index is 12.8. The summed E-state index contributed by atoms with van der Waals surface area (Å²) >= 11 is 1.64. The van der Waals surface area contributed by atoms with E-state index in [0.717, 1.165) is 16.0 Å². The Morgan fingerprint density at radius 3 is 2.83 bits per heavy atom. The molecule has 0 radical (unpaired) electrons. The number of rotatable bonds is 7. The zero-order valence-corrected chi connectivity index (χ0v) is 13.9. The molecule has 0 saturated carbocycles. The van der Waals surface area contributed by atoms with Gasteiger partial charge in [0.2, 0.25) is 0 Å². The monoisotopic (exact) mass is 342 g/mol. The van der Waals surface area contributed by atoms with Crippen LogP contribution >= 0.6 is 11.3 Å². The zero-order valence-electron chi connectivity index (χ0n) is 13.1. The first-order valence-electron chi connectivity index (χ1n) is 7.39. The number of aryl methyl sites for hydroxylation is 1. The quantitative estimate of drug-likeness (QED) is 0.599. The fourth-order valence-corrected chi connectivity index (χ4v) is 2.69. The maximum Gasteiger partial charge on any atom is 0.319 e. The van der Waals surface area contributed by atoms with Crippen LogP contribution in [0.2, 0.25) is 0 Å². The molecule has 2 aromatic rings. The average Bonchev–Trinajstić information content (AvgIpc) is 3.18. The highest BCUT2D eigenvalue weighted by Crippen LogP contribution is 2.14. The molecule has 0 aliphatic rings. The van der Waals surface area contributed by atoms with E-state index in [0.29, 0.717) is 19.0 Å². The molecule has 2 N–H and O–H groups in total.